The minimum Gasteiger partial charge on any atom is -0.477 e. The third-order valence-electron chi connectivity index (χ3n) is 4.16. The van der Waals surface area contributed by atoms with E-state index in [1.807, 2.05) is 6.92 Å². The summed E-state index contributed by atoms with van der Waals surface area (Å²) in [4.78, 5) is 0.126. The molecule has 2 aromatic heterocycles. The van der Waals surface area contributed by atoms with E-state index in [1.54, 1.807) is 4.68 Å². The molecular weight excluding hydrogens is 306 g/mol. The molecule has 1 N–H and O–H groups in total. The number of anilines is 1. The van der Waals surface area contributed by atoms with Crippen LogP contribution in [0.1, 0.15) is 24.1 Å². The van der Waals surface area contributed by atoms with Gasteiger partial charge in [-0.2, -0.15) is 10.2 Å². The van der Waals surface area contributed by atoms with Crippen molar-refractivity contribution in [3.8, 4) is 5.88 Å². The molecule has 4 rings (SSSR count). The van der Waals surface area contributed by atoms with Gasteiger partial charge < -0.3 is 4.74 Å². The largest absolute Gasteiger partial charge is 0.477 e. The SMILES string of the molecule is Cc1[nH]nc2c1CCCN2S(=O)(=O)c1cnn2c1OCCC2. The first-order chi connectivity index (χ1) is 10.6. The summed E-state index contributed by atoms with van der Waals surface area (Å²) in [5.74, 6) is 0.838. The molecular formula is C13H17N5O3S. The average molecular weight is 323 g/mol. The number of hydrogen-bond donors (Lipinski definition) is 1. The van der Waals surface area contributed by atoms with Gasteiger partial charge >= 0.3 is 0 Å². The average Bonchev–Trinajstić information content (AvgIpc) is 3.11. The Kier molecular flexibility index (Phi) is 2.93. The van der Waals surface area contributed by atoms with Crippen LogP contribution >= 0.6 is 0 Å². The van der Waals surface area contributed by atoms with E-state index in [2.05, 4.69) is 15.3 Å². The van der Waals surface area contributed by atoms with Crippen molar-refractivity contribution >= 4 is 15.8 Å². The van der Waals surface area contributed by atoms with E-state index in [9.17, 15) is 8.42 Å². The number of H-pyrrole nitrogens is 1. The molecule has 0 aliphatic carbocycles. The molecule has 2 aliphatic heterocycles. The number of sulfonamides is 1. The molecule has 0 amide bonds. The first-order valence-electron chi connectivity index (χ1n) is 7.34. The minimum absolute atomic E-state index is 0.126. The van der Waals surface area contributed by atoms with Gasteiger partial charge in [0.25, 0.3) is 10.0 Å². The van der Waals surface area contributed by atoms with Crippen molar-refractivity contribution < 1.29 is 13.2 Å². The quantitative estimate of drug-likeness (QED) is 0.884. The fourth-order valence-corrected chi connectivity index (χ4v) is 4.58. The molecule has 0 atom stereocenters. The number of fused-ring (bicyclic) bond motifs is 2. The number of rotatable bonds is 2. The second-order valence-electron chi connectivity index (χ2n) is 5.57. The summed E-state index contributed by atoms with van der Waals surface area (Å²) >= 11 is 0. The maximum absolute atomic E-state index is 13.0. The van der Waals surface area contributed by atoms with Crippen LogP contribution in [0.4, 0.5) is 5.82 Å². The Hall–Kier alpha value is -2.03. The molecule has 22 heavy (non-hydrogen) atoms. The van der Waals surface area contributed by atoms with Crippen LogP contribution in [0.5, 0.6) is 5.88 Å². The van der Waals surface area contributed by atoms with Gasteiger partial charge in [-0.15, -0.1) is 0 Å². The molecule has 0 saturated carbocycles. The topological polar surface area (TPSA) is 93.1 Å². The van der Waals surface area contributed by atoms with E-state index in [1.165, 1.54) is 10.5 Å². The van der Waals surface area contributed by atoms with Crippen molar-refractivity contribution in [3.63, 3.8) is 0 Å². The van der Waals surface area contributed by atoms with Gasteiger partial charge in [-0.1, -0.05) is 0 Å². The van der Waals surface area contributed by atoms with Gasteiger partial charge in [-0.05, 0) is 19.8 Å². The van der Waals surface area contributed by atoms with Gasteiger partial charge in [0.2, 0.25) is 5.88 Å². The first-order valence-corrected chi connectivity index (χ1v) is 8.78. The number of aromatic amines is 1. The summed E-state index contributed by atoms with van der Waals surface area (Å²) in [6.45, 7) is 3.52. The van der Waals surface area contributed by atoms with Crippen LogP contribution in [0.3, 0.4) is 0 Å². The summed E-state index contributed by atoms with van der Waals surface area (Å²) in [5.41, 5.74) is 1.89. The molecule has 0 saturated heterocycles. The van der Waals surface area contributed by atoms with Gasteiger partial charge in [-0.3, -0.25) is 5.10 Å². The van der Waals surface area contributed by atoms with Crippen LogP contribution in [0.25, 0.3) is 0 Å². The summed E-state index contributed by atoms with van der Waals surface area (Å²) in [7, 11) is -3.72. The number of hydrogen-bond acceptors (Lipinski definition) is 5. The molecule has 0 spiro atoms. The van der Waals surface area contributed by atoms with E-state index >= 15 is 0 Å². The molecule has 0 radical (unpaired) electrons. The second-order valence-corrected chi connectivity index (χ2v) is 7.40. The van der Waals surface area contributed by atoms with Crippen molar-refractivity contribution in [3.05, 3.63) is 17.5 Å². The zero-order valence-corrected chi connectivity index (χ0v) is 13.1. The molecule has 0 bridgehead atoms. The van der Waals surface area contributed by atoms with Crippen molar-refractivity contribution in [2.45, 2.75) is 37.6 Å². The third-order valence-corrected chi connectivity index (χ3v) is 5.93. The minimum atomic E-state index is -3.72. The predicted octanol–water partition coefficient (Wildman–Crippen LogP) is 0.839. The second kappa shape index (κ2) is 4.73. The van der Waals surface area contributed by atoms with Crippen LogP contribution in [-0.2, 0) is 23.0 Å². The Labute approximate surface area is 128 Å². The zero-order valence-electron chi connectivity index (χ0n) is 12.2. The zero-order chi connectivity index (χ0) is 15.3. The molecule has 0 unspecified atom stereocenters. The number of aryl methyl sites for hydroxylation is 2. The summed E-state index contributed by atoms with van der Waals surface area (Å²) in [6, 6.07) is 0. The van der Waals surface area contributed by atoms with Crippen LogP contribution in [0, 0.1) is 6.92 Å². The van der Waals surface area contributed by atoms with Crippen LogP contribution < -0.4 is 9.04 Å². The highest BCUT2D eigenvalue weighted by Gasteiger charge is 2.36. The first kappa shape index (κ1) is 13.6. The lowest BCUT2D eigenvalue weighted by molar-refractivity contribution is 0.224. The van der Waals surface area contributed by atoms with Crippen LogP contribution in [-0.4, -0.2) is 41.5 Å². The Bertz CT molecular complexity index is 823. The molecule has 0 aromatic carbocycles. The van der Waals surface area contributed by atoms with E-state index in [0.717, 1.165) is 30.5 Å². The lowest BCUT2D eigenvalue weighted by atomic mass is 10.1. The molecule has 2 aliphatic rings. The highest BCUT2D eigenvalue weighted by atomic mass is 32.2. The molecule has 9 heteroatoms. The molecule has 4 heterocycles. The Balaban J connectivity index is 1.81. The smallest absolute Gasteiger partial charge is 0.272 e. The number of ether oxygens (including phenoxy) is 1. The van der Waals surface area contributed by atoms with Crippen LogP contribution in [0.2, 0.25) is 0 Å². The Morgan fingerprint density at radius 3 is 3.05 bits per heavy atom. The van der Waals surface area contributed by atoms with E-state index in [0.29, 0.717) is 31.4 Å². The van der Waals surface area contributed by atoms with E-state index in [-0.39, 0.29) is 4.90 Å². The van der Waals surface area contributed by atoms with Crippen LogP contribution in [0.15, 0.2) is 11.1 Å². The lowest BCUT2D eigenvalue weighted by Crippen LogP contribution is -2.36. The Morgan fingerprint density at radius 2 is 2.18 bits per heavy atom. The molecule has 2 aromatic rings. The van der Waals surface area contributed by atoms with Crippen molar-refractivity contribution in [2.24, 2.45) is 0 Å². The molecule has 118 valence electrons. The summed E-state index contributed by atoms with van der Waals surface area (Å²) in [5, 5.41) is 11.2. The molecule has 0 fully saturated rings. The highest BCUT2D eigenvalue weighted by Crippen LogP contribution is 2.35. The summed E-state index contributed by atoms with van der Waals surface area (Å²) < 4.78 is 34.6. The fourth-order valence-electron chi connectivity index (χ4n) is 3.03. The number of nitrogens with one attached hydrogen (secondary N) is 1. The van der Waals surface area contributed by atoms with Gasteiger partial charge in [0, 0.05) is 30.8 Å². The normalized spacial score (nSPS) is 17.8. The summed E-state index contributed by atoms with van der Waals surface area (Å²) in [6.07, 6.45) is 3.83. The number of aromatic nitrogens is 4. The third kappa shape index (κ3) is 1.84. The maximum atomic E-state index is 13.0. The number of nitrogens with zero attached hydrogens (tertiary/aromatic N) is 4. The molecule has 8 nitrogen and oxygen atoms in total. The Morgan fingerprint density at radius 1 is 1.32 bits per heavy atom. The lowest BCUT2D eigenvalue weighted by Gasteiger charge is -2.27. The van der Waals surface area contributed by atoms with E-state index < -0.39 is 10.0 Å². The van der Waals surface area contributed by atoms with Gasteiger partial charge in [0.05, 0.1) is 12.8 Å². The van der Waals surface area contributed by atoms with Gasteiger partial charge in [-0.25, -0.2) is 17.4 Å². The van der Waals surface area contributed by atoms with Gasteiger partial charge in [0.1, 0.15) is 0 Å². The van der Waals surface area contributed by atoms with Gasteiger partial charge in [0.15, 0.2) is 10.7 Å². The van der Waals surface area contributed by atoms with Crippen molar-refractivity contribution in [1.29, 1.82) is 0 Å². The van der Waals surface area contributed by atoms with E-state index in [4.69, 9.17) is 4.74 Å². The highest BCUT2D eigenvalue weighted by molar-refractivity contribution is 7.93. The standard InChI is InChI=1S/C13H17N5O3S/c1-9-10-4-2-6-18(12(10)16-15-9)22(19,20)11-8-14-17-5-3-7-21-13(11)17/h8H,2-7H2,1H3,(H,15,16). The predicted molar refractivity (Wildman–Crippen MR) is 78.5 cm³/mol. The van der Waals surface area contributed by atoms with Crippen molar-refractivity contribution in [1.82, 2.24) is 20.0 Å². The maximum Gasteiger partial charge on any atom is 0.272 e. The monoisotopic (exact) mass is 323 g/mol. The van der Waals surface area contributed by atoms with Crippen molar-refractivity contribution in [2.75, 3.05) is 17.5 Å². The fraction of sp³-hybridized carbons (Fsp3) is 0.538.